The molecule has 5 heteroatoms. The Balaban J connectivity index is 1.68. The third-order valence-corrected chi connectivity index (χ3v) is 5.62. The maximum atomic E-state index is 4.41. The molecule has 1 saturated carbocycles. The van der Waals surface area contributed by atoms with Crippen molar-refractivity contribution in [1.29, 1.82) is 0 Å². The van der Waals surface area contributed by atoms with Crippen LogP contribution in [0.15, 0.2) is 4.99 Å². The molecule has 5 nitrogen and oxygen atoms in total. The highest BCUT2D eigenvalue weighted by molar-refractivity contribution is 5.80. The highest BCUT2D eigenvalue weighted by Crippen LogP contribution is 2.23. The summed E-state index contributed by atoms with van der Waals surface area (Å²) in [5, 5.41) is 7.15. The lowest BCUT2D eigenvalue weighted by molar-refractivity contribution is 0.107. The monoisotopic (exact) mass is 323 g/mol. The molecule has 0 aromatic heterocycles. The largest absolute Gasteiger partial charge is 0.355 e. The Kier molecular flexibility index (Phi) is 7.63. The molecule has 134 valence electrons. The van der Waals surface area contributed by atoms with Gasteiger partial charge in [0, 0.05) is 51.9 Å². The van der Waals surface area contributed by atoms with Crippen LogP contribution in [0, 0.1) is 5.92 Å². The van der Waals surface area contributed by atoms with Crippen molar-refractivity contribution in [2.45, 2.75) is 58.5 Å². The first-order valence-electron chi connectivity index (χ1n) is 9.56. The first kappa shape index (κ1) is 18.5. The van der Waals surface area contributed by atoms with Crippen molar-refractivity contribution >= 4 is 5.96 Å². The van der Waals surface area contributed by atoms with Gasteiger partial charge in [0.2, 0.25) is 0 Å². The van der Waals surface area contributed by atoms with Gasteiger partial charge in [0.25, 0.3) is 0 Å². The third-order valence-electron chi connectivity index (χ3n) is 5.62. The summed E-state index contributed by atoms with van der Waals surface area (Å²) in [5.41, 5.74) is 0. The third kappa shape index (κ3) is 5.96. The van der Waals surface area contributed by atoms with Crippen LogP contribution in [0.2, 0.25) is 0 Å². The van der Waals surface area contributed by atoms with Crippen molar-refractivity contribution in [3.8, 4) is 0 Å². The summed E-state index contributed by atoms with van der Waals surface area (Å²) in [5.74, 6) is 1.87. The number of nitrogens with zero attached hydrogens (tertiary/aromatic N) is 3. The Labute approximate surface area is 142 Å². The highest BCUT2D eigenvalue weighted by Gasteiger charge is 2.21. The van der Waals surface area contributed by atoms with Gasteiger partial charge in [-0.05, 0) is 45.1 Å². The summed E-state index contributed by atoms with van der Waals surface area (Å²) in [6.07, 6.45) is 5.23. The Bertz CT molecular complexity index is 354. The number of hydrogen-bond donors (Lipinski definition) is 2. The molecular weight excluding hydrogens is 286 g/mol. The number of aliphatic imine (C=N–C) groups is 1. The summed E-state index contributed by atoms with van der Waals surface area (Å²) < 4.78 is 0. The van der Waals surface area contributed by atoms with Crippen LogP contribution >= 0.6 is 0 Å². The van der Waals surface area contributed by atoms with E-state index in [1.165, 1.54) is 58.4 Å². The lowest BCUT2D eigenvalue weighted by Crippen LogP contribution is -2.53. The molecule has 1 atom stereocenters. The quantitative estimate of drug-likeness (QED) is 0.598. The lowest BCUT2D eigenvalue weighted by Gasteiger charge is -2.38. The molecule has 23 heavy (non-hydrogen) atoms. The molecule has 2 rings (SSSR count). The van der Waals surface area contributed by atoms with Crippen LogP contribution in [0.5, 0.6) is 0 Å². The zero-order chi connectivity index (χ0) is 16.7. The second kappa shape index (κ2) is 9.48. The van der Waals surface area contributed by atoms with Gasteiger partial charge in [0.1, 0.15) is 0 Å². The van der Waals surface area contributed by atoms with Crippen LogP contribution < -0.4 is 10.6 Å². The normalized spacial score (nSPS) is 29.3. The SMILES string of the molecule is CCN1CCN(C(C)CNC(=NC)NC2CCC(C)CC2)CC1. The fourth-order valence-corrected chi connectivity index (χ4v) is 3.69. The first-order valence-corrected chi connectivity index (χ1v) is 9.56. The van der Waals surface area contributed by atoms with E-state index in [9.17, 15) is 0 Å². The fourth-order valence-electron chi connectivity index (χ4n) is 3.69. The molecule has 0 spiro atoms. The van der Waals surface area contributed by atoms with Crippen molar-refractivity contribution < 1.29 is 0 Å². The van der Waals surface area contributed by atoms with Gasteiger partial charge in [-0.15, -0.1) is 0 Å². The van der Waals surface area contributed by atoms with E-state index in [1.807, 2.05) is 7.05 Å². The minimum Gasteiger partial charge on any atom is -0.355 e. The maximum absolute atomic E-state index is 4.41. The van der Waals surface area contributed by atoms with Gasteiger partial charge in [-0.2, -0.15) is 0 Å². The van der Waals surface area contributed by atoms with E-state index in [2.05, 4.69) is 46.2 Å². The van der Waals surface area contributed by atoms with E-state index in [4.69, 9.17) is 0 Å². The standard InChI is InChI=1S/C18H37N5/c1-5-22-10-12-23(13-11-22)16(3)14-20-18(19-4)21-17-8-6-15(2)7-9-17/h15-17H,5-14H2,1-4H3,(H2,19,20,21). The number of hydrogen-bond acceptors (Lipinski definition) is 3. The summed E-state index contributed by atoms with van der Waals surface area (Å²) in [6.45, 7) is 13.9. The van der Waals surface area contributed by atoms with E-state index in [0.717, 1.165) is 18.4 Å². The minimum absolute atomic E-state index is 0.555. The highest BCUT2D eigenvalue weighted by atomic mass is 15.3. The second-order valence-corrected chi connectivity index (χ2v) is 7.37. The van der Waals surface area contributed by atoms with Crippen molar-refractivity contribution in [2.24, 2.45) is 10.9 Å². The van der Waals surface area contributed by atoms with E-state index in [1.54, 1.807) is 0 Å². The molecule has 1 saturated heterocycles. The smallest absolute Gasteiger partial charge is 0.191 e. The van der Waals surface area contributed by atoms with E-state index >= 15 is 0 Å². The van der Waals surface area contributed by atoms with E-state index in [0.29, 0.717) is 12.1 Å². The average Bonchev–Trinajstić information content (AvgIpc) is 2.60. The first-order chi connectivity index (χ1) is 11.1. The summed E-state index contributed by atoms with van der Waals surface area (Å²) in [7, 11) is 1.88. The van der Waals surface area contributed by atoms with Crippen LogP contribution in [0.4, 0.5) is 0 Å². The zero-order valence-electron chi connectivity index (χ0n) is 15.6. The molecule has 2 aliphatic rings. The molecular formula is C18H37N5. The molecule has 1 aliphatic heterocycles. The number of nitrogens with one attached hydrogen (secondary N) is 2. The van der Waals surface area contributed by atoms with Gasteiger partial charge in [-0.25, -0.2) is 0 Å². The van der Waals surface area contributed by atoms with Gasteiger partial charge in [-0.1, -0.05) is 13.8 Å². The maximum Gasteiger partial charge on any atom is 0.191 e. The van der Waals surface area contributed by atoms with Gasteiger partial charge in [-0.3, -0.25) is 9.89 Å². The average molecular weight is 324 g/mol. The Morgan fingerprint density at radius 1 is 1.13 bits per heavy atom. The van der Waals surface area contributed by atoms with Crippen LogP contribution in [0.1, 0.15) is 46.5 Å². The van der Waals surface area contributed by atoms with Gasteiger partial charge >= 0.3 is 0 Å². The molecule has 1 aliphatic carbocycles. The van der Waals surface area contributed by atoms with Crippen LogP contribution in [-0.2, 0) is 0 Å². The number of rotatable bonds is 5. The van der Waals surface area contributed by atoms with E-state index in [-0.39, 0.29) is 0 Å². The molecule has 1 heterocycles. The van der Waals surface area contributed by atoms with Gasteiger partial charge in [0.05, 0.1) is 0 Å². The van der Waals surface area contributed by atoms with Crippen LogP contribution in [0.25, 0.3) is 0 Å². The Morgan fingerprint density at radius 2 is 1.78 bits per heavy atom. The number of piperazine rings is 1. The topological polar surface area (TPSA) is 42.9 Å². The molecule has 1 unspecified atom stereocenters. The molecule has 0 amide bonds. The van der Waals surface area contributed by atoms with Crippen molar-refractivity contribution in [3.63, 3.8) is 0 Å². The van der Waals surface area contributed by atoms with E-state index < -0.39 is 0 Å². The molecule has 2 N–H and O–H groups in total. The Morgan fingerprint density at radius 3 is 2.35 bits per heavy atom. The van der Waals surface area contributed by atoms with Crippen molar-refractivity contribution in [2.75, 3.05) is 46.3 Å². The number of likely N-dealkylation sites (N-methyl/N-ethyl adjacent to an activating group) is 1. The second-order valence-electron chi connectivity index (χ2n) is 7.37. The fraction of sp³-hybridized carbons (Fsp3) is 0.944. The molecule has 0 aromatic rings. The molecule has 0 radical (unpaired) electrons. The predicted molar refractivity (Wildman–Crippen MR) is 99.1 cm³/mol. The summed E-state index contributed by atoms with van der Waals surface area (Å²) in [6, 6.07) is 1.15. The van der Waals surface area contributed by atoms with Crippen molar-refractivity contribution in [3.05, 3.63) is 0 Å². The zero-order valence-corrected chi connectivity index (χ0v) is 15.6. The van der Waals surface area contributed by atoms with Crippen molar-refractivity contribution in [1.82, 2.24) is 20.4 Å². The number of guanidine groups is 1. The summed E-state index contributed by atoms with van der Waals surface area (Å²) in [4.78, 5) is 9.53. The molecule has 2 fully saturated rings. The van der Waals surface area contributed by atoms with Crippen LogP contribution in [0.3, 0.4) is 0 Å². The van der Waals surface area contributed by atoms with Crippen LogP contribution in [-0.4, -0.2) is 74.2 Å². The predicted octanol–water partition coefficient (Wildman–Crippen LogP) is 1.76. The summed E-state index contributed by atoms with van der Waals surface area (Å²) >= 11 is 0. The molecule has 0 aromatic carbocycles. The molecule has 0 bridgehead atoms. The van der Waals surface area contributed by atoms with Gasteiger partial charge < -0.3 is 15.5 Å². The lowest BCUT2D eigenvalue weighted by atomic mass is 9.87. The minimum atomic E-state index is 0.555. The van der Waals surface area contributed by atoms with Gasteiger partial charge in [0.15, 0.2) is 5.96 Å². The Hall–Kier alpha value is -0.810.